The summed E-state index contributed by atoms with van der Waals surface area (Å²) in [6.07, 6.45) is 0. The highest BCUT2D eigenvalue weighted by molar-refractivity contribution is 7.49. The highest BCUT2D eigenvalue weighted by Crippen LogP contribution is 2.53. The Bertz CT molecular complexity index is 359. The molecule has 10 nitrogen and oxygen atoms in total. The number of phosphoric ester groups is 2. The zero-order valence-corrected chi connectivity index (χ0v) is 13.8. The van der Waals surface area contributed by atoms with Crippen molar-refractivity contribution in [3.63, 3.8) is 0 Å². The molecule has 2 fully saturated rings. The van der Waals surface area contributed by atoms with Crippen molar-refractivity contribution in [3.05, 3.63) is 0 Å². The molecule has 0 bridgehead atoms. The summed E-state index contributed by atoms with van der Waals surface area (Å²) in [5, 5.41) is 0. The van der Waals surface area contributed by atoms with Gasteiger partial charge in [-0.15, -0.1) is 0 Å². The molecule has 0 amide bonds. The Labute approximate surface area is 128 Å². The molecule has 0 saturated carbocycles. The quantitative estimate of drug-likeness (QED) is 0.395. The maximum atomic E-state index is 11.6. The van der Waals surface area contributed by atoms with Crippen molar-refractivity contribution in [1.82, 2.24) is 0 Å². The van der Waals surface area contributed by atoms with Crippen LogP contribution in [0.1, 0.15) is 0 Å². The van der Waals surface area contributed by atoms with Crippen LogP contribution < -0.4 is 0 Å². The van der Waals surface area contributed by atoms with Crippen LogP contribution in [-0.2, 0) is 45.7 Å². The summed E-state index contributed by atoms with van der Waals surface area (Å²) in [5.41, 5.74) is 0. The van der Waals surface area contributed by atoms with Crippen molar-refractivity contribution in [2.75, 3.05) is 66.1 Å². The van der Waals surface area contributed by atoms with Crippen molar-refractivity contribution in [2.24, 2.45) is 0 Å². The van der Waals surface area contributed by atoms with E-state index in [1.54, 1.807) is 0 Å². The van der Waals surface area contributed by atoms with Gasteiger partial charge < -0.3 is 9.47 Å². The molecule has 0 aromatic carbocycles. The largest absolute Gasteiger partial charge is 0.475 e. The van der Waals surface area contributed by atoms with Gasteiger partial charge in [0.1, 0.15) is 0 Å². The first-order valence-corrected chi connectivity index (χ1v) is 9.77. The predicted octanol–water partition coefficient (Wildman–Crippen LogP) is 1.36. The second kappa shape index (κ2) is 9.44. The lowest BCUT2D eigenvalue weighted by atomic mass is 10.7. The number of hydrogen-bond donors (Lipinski definition) is 0. The first-order valence-electron chi connectivity index (χ1n) is 6.85. The van der Waals surface area contributed by atoms with Gasteiger partial charge in [0.15, 0.2) is 0 Å². The van der Waals surface area contributed by atoms with E-state index in [4.69, 9.17) is 36.6 Å². The topological polar surface area (TPSA) is 108 Å². The third-order valence-electron chi connectivity index (χ3n) is 2.49. The van der Waals surface area contributed by atoms with Crippen molar-refractivity contribution < 1.29 is 45.7 Å². The molecule has 0 N–H and O–H groups in total. The first kappa shape index (κ1) is 18.5. The van der Waals surface area contributed by atoms with E-state index in [-0.39, 0.29) is 52.9 Å². The molecule has 2 aliphatic rings. The molecule has 130 valence electrons. The normalized spacial score (nSPS) is 23.1. The van der Waals surface area contributed by atoms with Gasteiger partial charge in [0.2, 0.25) is 0 Å². The minimum absolute atomic E-state index is 0.109. The molecule has 12 heteroatoms. The lowest BCUT2D eigenvalue weighted by molar-refractivity contribution is 0.0210. The number of ether oxygens (including phenoxy) is 2. The zero-order chi connectivity index (χ0) is 15.7. The van der Waals surface area contributed by atoms with E-state index in [0.717, 1.165) is 0 Å². The highest BCUT2D eigenvalue weighted by atomic mass is 31.2. The van der Waals surface area contributed by atoms with Crippen molar-refractivity contribution in [1.29, 1.82) is 0 Å². The number of hydrogen-bond acceptors (Lipinski definition) is 10. The van der Waals surface area contributed by atoms with Crippen LogP contribution in [0.4, 0.5) is 0 Å². The summed E-state index contributed by atoms with van der Waals surface area (Å²) in [6.45, 7) is 2.47. The molecule has 2 aliphatic heterocycles. The average Bonchev–Trinajstić information content (AvgIpc) is 3.11. The molecule has 0 radical (unpaired) electrons. The van der Waals surface area contributed by atoms with Crippen molar-refractivity contribution in [2.45, 2.75) is 0 Å². The van der Waals surface area contributed by atoms with Gasteiger partial charge in [-0.05, 0) is 0 Å². The molecule has 2 saturated heterocycles. The summed E-state index contributed by atoms with van der Waals surface area (Å²) in [6, 6.07) is 0. The van der Waals surface area contributed by atoms with Crippen molar-refractivity contribution >= 4 is 15.6 Å². The van der Waals surface area contributed by atoms with Gasteiger partial charge in [0.25, 0.3) is 0 Å². The third kappa shape index (κ3) is 6.72. The molecule has 0 unspecified atom stereocenters. The van der Waals surface area contributed by atoms with Crippen LogP contribution in [0.3, 0.4) is 0 Å². The van der Waals surface area contributed by atoms with Crippen LogP contribution in [0, 0.1) is 0 Å². The van der Waals surface area contributed by atoms with Crippen LogP contribution in [-0.4, -0.2) is 66.1 Å². The minimum atomic E-state index is -3.34. The Kier molecular flexibility index (Phi) is 7.93. The van der Waals surface area contributed by atoms with E-state index < -0.39 is 15.6 Å². The fourth-order valence-corrected chi connectivity index (χ4v) is 3.79. The first-order chi connectivity index (χ1) is 10.6. The van der Waals surface area contributed by atoms with E-state index in [2.05, 4.69) is 0 Å². The molecular weight excluding hydrogens is 342 g/mol. The Morgan fingerprint density at radius 2 is 0.909 bits per heavy atom. The van der Waals surface area contributed by atoms with E-state index in [9.17, 15) is 9.13 Å². The van der Waals surface area contributed by atoms with Crippen LogP contribution in [0.2, 0.25) is 0 Å². The summed E-state index contributed by atoms with van der Waals surface area (Å²) in [4.78, 5) is 0. The van der Waals surface area contributed by atoms with Gasteiger partial charge in [-0.3, -0.25) is 27.1 Å². The van der Waals surface area contributed by atoms with Crippen LogP contribution in [0.5, 0.6) is 0 Å². The fourth-order valence-electron chi connectivity index (χ4n) is 1.56. The molecule has 2 heterocycles. The number of rotatable bonds is 11. The lowest BCUT2D eigenvalue weighted by Gasteiger charge is -2.11. The summed E-state index contributed by atoms with van der Waals surface area (Å²) in [7, 11) is -6.67. The summed E-state index contributed by atoms with van der Waals surface area (Å²) in [5.74, 6) is 0. The molecule has 2 rings (SSSR count). The lowest BCUT2D eigenvalue weighted by Crippen LogP contribution is -2.11. The molecule has 0 aromatic heterocycles. The SMILES string of the molecule is O=P1(OCCOCCOCCOP2(=O)OCCO2)OCCO1. The molecule has 0 atom stereocenters. The second-order valence-electron chi connectivity index (χ2n) is 4.12. The van der Waals surface area contributed by atoms with Gasteiger partial charge >= 0.3 is 15.6 Å². The Hall–Kier alpha value is 0.140. The Morgan fingerprint density at radius 3 is 1.27 bits per heavy atom. The molecule has 22 heavy (non-hydrogen) atoms. The Balaban J connectivity index is 1.35. The minimum Gasteiger partial charge on any atom is -0.377 e. The van der Waals surface area contributed by atoms with Crippen molar-refractivity contribution in [3.8, 4) is 0 Å². The van der Waals surface area contributed by atoms with Gasteiger partial charge in [0.05, 0.1) is 66.1 Å². The fraction of sp³-hybridized carbons (Fsp3) is 1.00. The predicted molar refractivity (Wildman–Crippen MR) is 72.6 cm³/mol. The van der Waals surface area contributed by atoms with E-state index in [1.807, 2.05) is 0 Å². The van der Waals surface area contributed by atoms with Gasteiger partial charge in [-0.1, -0.05) is 0 Å². The molecule has 0 spiro atoms. The monoisotopic (exact) mass is 362 g/mol. The van der Waals surface area contributed by atoms with Crippen LogP contribution in [0.15, 0.2) is 0 Å². The second-order valence-corrected chi connectivity index (χ2v) is 7.46. The third-order valence-corrected chi connectivity index (χ3v) is 5.48. The standard InChI is InChI=1S/C10H20O10P2/c11-21(17-7-8-18-21)15-5-3-13-1-2-14-4-6-16-22(12)19-9-10-20-22/h1-10H2. The molecule has 0 aromatic rings. The van der Waals surface area contributed by atoms with Gasteiger partial charge in [-0.2, -0.15) is 0 Å². The van der Waals surface area contributed by atoms with Crippen LogP contribution in [0.25, 0.3) is 0 Å². The average molecular weight is 362 g/mol. The number of phosphoric acid groups is 2. The molecule has 0 aliphatic carbocycles. The molecular formula is C10H20O10P2. The van der Waals surface area contributed by atoms with E-state index in [1.165, 1.54) is 0 Å². The summed E-state index contributed by atoms with van der Waals surface area (Å²) >= 11 is 0. The zero-order valence-electron chi connectivity index (χ0n) is 12.0. The summed E-state index contributed by atoms with van der Waals surface area (Å²) < 4.78 is 62.8. The smallest absolute Gasteiger partial charge is 0.377 e. The maximum Gasteiger partial charge on any atom is 0.475 e. The van der Waals surface area contributed by atoms with Gasteiger partial charge in [0, 0.05) is 0 Å². The van der Waals surface area contributed by atoms with E-state index in [0.29, 0.717) is 13.2 Å². The van der Waals surface area contributed by atoms with Crippen LogP contribution >= 0.6 is 15.6 Å². The van der Waals surface area contributed by atoms with E-state index >= 15 is 0 Å². The Morgan fingerprint density at radius 1 is 0.591 bits per heavy atom. The highest BCUT2D eigenvalue weighted by Gasteiger charge is 2.32. The maximum absolute atomic E-state index is 11.6. The van der Waals surface area contributed by atoms with Gasteiger partial charge in [-0.25, -0.2) is 9.13 Å².